The predicted octanol–water partition coefficient (Wildman–Crippen LogP) is 3.23. The lowest BCUT2D eigenvalue weighted by atomic mass is 10.2. The van der Waals surface area contributed by atoms with Crippen LogP contribution in [0.25, 0.3) is 0 Å². The smallest absolute Gasteiger partial charge is 0.243 e. The summed E-state index contributed by atoms with van der Waals surface area (Å²) < 4.78 is 0. The first-order valence-electron chi connectivity index (χ1n) is 6.87. The molecule has 0 aliphatic rings. The van der Waals surface area contributed by atoms with Crippen LogP contribution in [-0.2, 0) is 4.79 Å². The Bertz CT molecular complexity index is 473. The zero-order valence-electron chi connectivity index (χ0n) is 12.6. The number of rotatable bonds is 6. The van der Waals surface area contributed by atoms with E-state index in [0.29, 0.717) is 12.5 Å². The van der Waals surface area contributed by atoms with E-state index in [1.54, 1.807) is 12.2 Å². The van der Waals surface area contributed by atoms with Gasteiger partial charge in [0.25, 0.3) is 0 Å². The molecule has 0 aromatic rings. The van der Waals surface area contributed by atoms with Gasteiger partial charge < -0.3 is 5.32 Å². The fraction of sp³-hybridized carbons (Fsp3) is 0.389. The van der Waals surface area contributed by atoms with Crippen molar-refractivity contribution >= 4 is 5.91 Å². The standard InChI is InChI=1S/C18H23NO/c1-4-5-6-7-8-9-10-11-12-13-14-15-18(20)19-16-17(2)3/h4-5,12-15,17H,10-11,16H2,1-3H3,(H,19,20)/b5-4+,13-12+,15-14+. The lowest BCUT2D eigenvalue weighted by Gasteiger charge is -2.03. The number of nitrogens with one attached hydrogen (secondary N) is 1. The number of hydrogen-bond donors (Lipinski definition) is 1. The van der Waals surface area contributed by atoms with E-state index in [1.165, 1.54) is 6.08 Å². The minimum Gasteiger partial charge on any atom is -0.352 e. The normalized spacial score (nSPS) is 10.6. The van der Waals surface area contributed by atoms with Crippen LogP contribution in [0.2, 0.25) is 0 Å². The fourth-order valence-electron chi connectivity index (χ4n) is 1.10. The fourth-order valence-corrected chi connectivity index (χ4v) is 1.10. The molecule has 0 saturated heterocycles. The van der Waals surface area contributed by atoms with Gasteiger partial charge in [0.05, 0.1) is 0 Å². The Hall–Kier alpha value is -2.19. The highest BCUT2D eigenvalue weighted by molar-refractivity contribution is 5.87. The average molecular weight is 269 g/mol. The van der Waals surface area contributed by atoms with Crippen LogP contribution in [0.3, 0.4) is 0 Å². The van der Waals surface area contributed by atoms with Gasteiger partial charge in [-0.25, -0.2) is 0 Å². The van der Waals surface area contributed by atoms with Gasteiger partial charge in [0.15, 0.2) is 0 Å². The third kappa shape index (κ3) is 13.9. The number of unbranched alkanes of at least 4 members (excludes halogenated alkanes) is 1. The molecule has 0 unspecified atom stereocenters. The van der Waals surface area contributed by atoms with Gasteiger partial charge in [-0.2, -0.15) is 0 Å². The number of hydrogen-bond acceptors (Lipinski definition) is 1. The van der Waals surface area contributed by atoms with E-state index < -0.39 is 0 Å². The molecule has 0 rings (SSSR count). The molecule has 20 heavy (non-hydrogen) atoms. The minimum absolute atomic E-state index is 0.0533. The Morgan fingerprint density at radius 2 is 2.05 bits per heavy atom. The van der Waals surface area contributed by atoms with Crippen molar-refractivity contribution in [2.24, 2.45) is 5.92 Å². The Balaban J connectivity index is 3.76. The third-order valence-electron chi connectivity index (χ3n) is 2.09. The molecule has 0 aromatic carbocycles. The molecular weight excluding hydrogens is 246 g/mol. The molecule has 0 aliphatic carbocycles. The summed E-state index contributed by atoms with van der Waals surface area (Å²) in [5, 5.41) is 2.81. The van der Waals surface area contributed by atoms with Gasteiger partial charge in [-0.3, -0.25) is 4.79 Å². The molecule has 0 aliphatic heterocycles. The molecule has 0 atom stereocenters. The zero-order valence-corrected chi connectivity index (χ0v) is 12.6. The highest BCUT2D eigenvalue weighted by Crippen LogP contribution is 1.90. The van der Waals surface area contributed by atoms with Crippen molar-refractivity contribution in [1.82, 2.24) is 5.32 Å². The van der Waals surface area contributed by atoms with Gasteiger partial charge in [-0.1, -0.05) is 50.0 Å². The summed E-state index contributed by atoms with van der Waals surface area (Å²) in [4.78, 5) is 11.3. The van der Waals surface area contributed by atoms with Crippen molar-refractivity contribution in [3.63, 3.8) is 0 Å². The molecule has 0 bridgehead atoms. The highest BCUT2D eigenvalue weighted by atomic mass is 16.1. The Morgan fingerprint density at radius 1 is 1.25 bits per heavy atom. The summed E-state index contributed by atoms with van der Waals surface area (Å²) in [6.07, 6.45) is 12.4. The van der Waals surface area contributed by atoms with Crippen molar-refractivity contribution in [3.8, 4) is 23.7 Å². The van der Waals surface area contributed by atoms with Crippen LogP contribution in [0, 0.1) is 29.6 Å². The van der Waals surface area contributed by atoms with E-state index in [0.717, 1.165) is 12.8 Å². The molecule has 0 fully saturated rings. The van der Waals surface area contributed by atoms with Crippen molar-refractivity contribution in [3.05, 3.63) is 36.5 Å². The van der Waals surface area contributed by atoms with Gasteiger partial charge in [0.1, 0.15) is 0 Å². The Labute approximate surface area is 123 Å². The van der Waals surface area contributed by atoms with E-state index in [-0.39, 0.29) is 5.91 Å². The number of amides is 1. The summed E-state index contributed by atoms with van der Waals surface area (Å²) in [6, 6.07) is 0. The molecule has 0 saturated carbocycles. The second-order valence-electron chi connectivity index (χ2n) is 4.54. The zero-order chi connectivity index (χ0) is 15.1. The monoisotopic (exact) mass is 269 g/mol. The SMILES string of the molecule is C/C=C/C#CC#CCC/C=C/C=C/C(=O)NCC(C)C. The third-order valence-corrected chi connectivity index (χ3v) is 2.09. The summed E-state index contributed by atoms with van der Waals surface area (Å²) in [5.41, 5.74) is 0. The maximum absolute atomic E-state index is 11.3. The lowest BCUT2D eigenvalue weighted by molar-refractivity contribution is -0.116. The van der Waals surface area contributed by atoms with E-state index in [4.69, 9.17) is 0 Å². The molecule has 2 nitrogen and oxygen atoms in total. The molecule has 2 heteroatoms. The van der Waals surface area contributed by atoms with Crippen LogP contribution in [0.15, 0.2) is 36.5 Å². The molecule has 0 spiro atoms. The van der Waals surface area contributed by atoms with Crippen LogP contribution in [0.1, 0.15) is 33.6 Å². The van der Waals surface area contributed by atoms with Gasteiger partial charge >= 0.3 is 0 Å². The van der Waals surface area contributed by atoms with E-state index in [9.17, 15) is 4.79 Å². The quantitative estimate of drug-likeness (QED) is 0.341. The molecule has 0 heterocycles. The van der Waals surface area contributed by atoms with Crippen molar-refractivity contribution in [1.29, 1.82) is 0 Å². The maximum Gasteiger partial charge on any atom is 0.243 e. The summed E-state index contributed by atoms with van der Waals surface area (Å²) in [6.45, 7) is 6.75. The second kappa shape index (κ2) is 13.2. The van der Waals surface area contributed by atoms with Crippen molar-refractivity contribution in [2.75, 3.05) is 6.54 Å². The minimum atomic E-state index is -0.0533. The van der Waals surface area contributed by atoms with Gasteiger partial charge in [0, 0.05) is 19.0 Å². The maximum atomic E-state index is 11.3. The Morgan fingerprint density at radius 3 is 2.75 bits per heavy atom. The molecule has 106 valence electrons. The highest BCUT2D eigenvalue weighted by Gasteiger charge is 1.95. The van der Waals surface area contributed by atoms with Gasteiger partial charge in [0.2, 0.25) is 5.91 Å². The number of carbonyl (C=O) groups is 1. The first kappa shape index (κ1) is 17.8. The van der Waals surface area contributed by atoms with Crippen LogP contribution in [0.5, 0.6) is 0 Å². The van der Waals surface area contributed by atoms with Gasteiger partial charge in [-0.15, -0.1) is 0 Å². The molecule has 1 N–H and O–H groups in total. The van der Waals surface area contributed by atoms with E-state index in [1.807, 2.05) is 25.2 Å². The molecule has 0 aromatic heterocycles. The lowest BCUT2D eigenvalue weighted by Crippen LogP contribution is -2.25. The number of allylic oxidation sites excluding steroid dienone is 5. The van der Waals surface area contributed by atoms with Crippen LogP contribution >= 0.6 is 0 Å². The van der Waals surface area contributed by atoms with Crippen molar-refractivity contribution < 1.29 is 4.79 Å². The molecule has 0 radical (unpaired) electrons. The van der Waals surface area contributed by atoms with Crippen LogP contribution in [0.4, 0.5) is 0 Å². The second-order valence-corrected chi connectivity index (χ2v) is 4.54. The molecular formula is C18H23NO. The topological polar surface area (TPSA) is 29.1 Å². The average Bonchev–Trinajstić information content (AvgIpc) is 2.42. The summed E-state index contributed by atoms with van der Waals surface area (Å²) in [7, 11) is 0. The van der Waals surface area contributed by atoms with E-state index >= 15 is 0 Å². The Kier molecular flexibility index (Phi) is 11.8. The molecule has 1 amide bonds. The number of carbonyl (C=O) groups excluding carboxylic acids is 1. The first-order valence-corrected chi connectivity index (χ1v) is 6.87. The van der Waals surface area contributed by atoms with Gasteiger partial charge in [-0.05, 0) is 37.2 Å². The van der Waals surface area contributed by atoms with Crippen LogP contribution in [-0.4, -0.2) is 12.5 Å². The first-order chi connectivity index (χ1) is 9.66. The van der Waals surface area contributed by atoms with Crippen LogP contribution < -0.4 is 5.32 Å². The van der Waals surface area contributed by atoms with Crippen molar-refractivity contribution in [2.45, 2.75) is 33.6 Å². The summed E-state index contributed by atoms with van der Waals surface area (Å²) in [5.74, 6) is 11.7. The predicted molar refractivity (Wildman–Crippen MR) is 85.7 cm³/mol. The summed E-state index contributed by atoms with van der Waals surface area (Å²) >= 11 is 0. The largest absolute Gasteiger partial charge is 0.352 e. The van der Waals surface area contributed by atoms with E-state index in [2.05, 4.69) is 42.8 Å².